The largest absolute Gasteiger partial charge is 0.328 e. The molecule has 0 spiro atoms. The number of anilines is 1. The van der Waals surface area contributed by atoms with Crippen molar-refractivity contribution in [2.45, 2.75) is 25.3 Å². The third-order valence-corrected chi connectivity index (χ3v) is 4.49. The number of halogens is 3. The van der Waals surface area contributed by atoms with Gasteiger partial charge in [-0.2, -0.15) is 0 Å². The van der Waals surface area contributed by atoms with Crippen LogP contribution in [-0.4, -0.2) is 11.9 Å². The Morgan fingerprint density at radius 2 is 1.88 bits per heavy atom. The number of benzene rings is 2. The molecule has 1 amide bonds. The van der Waals surface area contributed by atoms with Crippen LogP contribution in [0.25, 0.3) is 11.1 Å². The van der Waals surface area contributed by atoms with E-state index in [1.54, 1.807) is 30.3 Å². The molecular formula is C18H19Cl2FN2O. The molecule has 1 fully saturated rings. The van der Waals surface area contributed by atoms with Gasteiger partial charge in [-0.1, -0.05) is 23.7 Å². The van der Waals surface area contributed by atoms with Gasteiger partial charge in [-0.05, 0) is 55.2 Å². The number of carbonyl (C=O) groups is 1. The van der Waals surface area contributed by atoms with Crippen molar-refractivity contribution in [2.24, 2.45) is 11.7 Å². The Kier molecular flexibility index (Phi) is 6.21. The van der Waals surface area contributed by atoms with Crippen molar-refractivity contribution in [1.82, 2.24) is 0 Å². The molecule has 3 nitrogen and oxygen atoms in total. The average molecular weight is 369 g/mol. The summed E-state index contributed by atoms with van der Waals surface area (Å²) in [7, 11) is 0. The standard InChI is InChI=1S/C18H18ClFN2O.ClH/c19-13-4-1-11(2-5-13)16-10-14(20)6-8-17(16)22-18(23)12-3-7-15(21)9-12;/h1-2,4-6,8,10,12,15H,3,7,9,21H2,(H,22,23);1H. The van der Waals surface area contributed by atoms with Gasteiger partial charge in [-0.15, -0.1) is 12.4 Å². The summed E-state index contributed by atoms with van der Waals surface area (Å²) in [5, 5.41) is 3.53. The van der Waals surface area contributed by atoms with E-state index in [0.29, 0.717) is 22.7 Å². The van der Waals surface area contributed by atoms with Gasteiger partial charge in [0, 0.05) is 28.2 Å². The first-order valence-electron chi connectivity index (χ1n) is 7.65. The fourth-order valence-corrected chi connectivity index (χ4v) is 3.11. The Morgan fingerprint density at radius 3 is 2.50 bits per heavy atom. The van der Waals surface area contributed by atoms with Gasteiger partial charge < -0.3 is 11.1 Å². The Balaban J connectivity index is 0.00000208. The molecule has 0 aliphatic heterocycles. The van der Waals surface area contributed by atoms with Crippen molar-refractivity contribution in [3.8, 4) is 11.1 Å². The summed E-state index contributed by atoms with van der Waals surface area (Å²) in [5.41, 5.74) is 7.90. The summed E-state index contributed by atoms with van der Waals surface area (Å²) < 4.78 is 13.6. The van der Waals surface area contributed by atoms with Crippen LogP contribution in [-0.2, 0) is 4.79 Å². The summed E-state index contributed by atoms with van der Waals surface area (Å²) in [5.74, 6) is -0.483. The molecule has 2 unspecified atom stereocenters. The molecule has 0 bridgehead atoms. The first kappa shape index (κ1) is 18.7. The van der Waals surface area contributed by atoms with Crippen LogP contribution >= 0.6 is 24.0 Å². The fraction of sp³-hybridized carbons (Fsp3) is 0.278. The second-order valence-corrected chi connectivity index (χ2v) is 6.39. The Bertz CT molecular complexity index is 721. The lowest BCUT2D eigenvalue weighted by atomic mass is 10.0. The van der Waals surface area contributed by atoms with Crippen LogP contribution in [0.5, 0.6) is 0 Å². The van der Waals surface area contributed by atoms with Crippen LogP contribution in [0.1, 0.15) is 19.3 Å². The molecule has 1 saturated carbocycles. The number of hydrogen-bond acceptors (Lipinski definition) is 2. The molecule has 0 radical (unpaired) electrons. The zero-order chi connectivity index (χ0) is 16.4. The van der Waals surface area contributed by atoms with E-state index in [2.05, 4.69) is 5.32 Å². The maximum absolute atomic E-state index is 13.6. The molecule has 0 heterocycles. The van der Waals surface area contributed by atoms with Crippen molar-refractivity contribution >= 4 is 35.6 Å². The minimum absolute atomic E-state index is 0. The third-order valence-electron chi connectivity index (χ3n) is 4.24. The lowest BCUT2D eigenvalue weighted by molar-refractivity contribution is -0.119. The first-order valence-corrected chi connectivity index (χ1v) is 8.02. The molecular weight excluding hydrogens is 350 g/mol. The van der Waals surface area contributed by atoms with Crippen LogP contribution in [0, 0.1) is 11.7 Å². The van der Waals surface area contributed by atoms with Crippen LogP contribution < -0.4 is 11.1 Å². The van der Waals surface area contributed by atoms with Crippen molar-refractivity contribution < 1.29 is 9.18 Å². The summed E-state index contributed by atoms with van der Waals surface area (Å²) in [6.45, 7) is 0. The second kappa shape index (κ2) is 7.97. The van der Waals surface area contributed by atoms with Crippen LogP contribution in [0.3, 0.4) is 0 Å². The van der Waals surface area contributed by atoms with Crippen LogP contribution in [0.2, 0.25) is 5.02 Å². The molecule has 1 aliphatic rings. The van der Waals surface area contributed by atoms with E-state index >= 15 is 0 Å². The van der Waals surface area contributed by atoms with Crippen molar-refractivity contribution in [3.63, 3.8) is 0 Å². The number of hydrogen-bond donors (Lipinski definition) is 2. The zero-order valence-electron chi connectivity index (χ0n) is 13.0. The minimum atomic E-state index is -0.351. The Labute approximate surface area is 151 Å². The first-order chi connectivity index (χ1) is 11.0. The lowest BCUT2D eigenvalue weighted by Crippen LogP contribution is -2.23. The molecule has 6 heteroatoms. The molecule has 2 aromatic rings. The van der Waals surface area contributed by atoms with Gasteiger partial charge in [0.25, 0.3) is 0 Å². The zero-order valence-corrected chi connectivity index (χ0v) is 14.5. The van der Waals surface area contributed by atoms with Crippen molar-refractivity contribution in [1.29, 1.82) is 0 Å². The van der Waals surface area contributed by atoms with Crippen molar-refractivity contribution in [3.05, 3.63) is 53.3 Å². The van der Waals surface area contributed by atoms with Gasteiger partial charge >= 0.3 is 0 Å². The maximum atomic E-state index is 13.6. The number of rotatable bonds is 3. The monoisotopic (exact) mass is 368 g/mol. The topological polar surface area (TPSA) is 55.1 Å². The van der Waals surface area contributed by atoms with E-state index in [1.165, 1.54) is 12.1 Å². The highest BCUT2D eigenvalue weighted by atomic mass is 35.5. The van der Waals surface area contributed by atoms with E-state index < -0.39 is 0 Å². The SMILES string of the molecule is Cl.NC1CCC(C(=O)Nc2ccc(F)cc2-c2ccc(Cl)cc2)C1. The summed E-state index contributed by atoms with van der Waals surface area (Å²) >= 11 is 5.90. The fourth-order valence-electron chi connectivity index (χ4n) is 2.98. The summed E-state index contributed by atoms with van der Waals surface area (Å²) in [6, 6.07) is 11.5. The molecule has 24 heavy (non-hydrogen) atoms. The second-order valence-electron chi connectivity index (χ2n) is 5.96. The lowest BCUT2D eigenvalue weighted by Gasteiger charge is -2.15. The summed E-state index contributed by atoms with van der Waals surface area (Å²) in [6.07, 6.45) is 2.36. The van der Waals surface area contributed by atoms with E-state index in [4.69, 9.17) is 17.3 Å². The number of nitrogens with one attached hydrogen (secondary N) is 1. The predicted molar refractivity (Wildman–Crippen MR) is 98.0 cm³/mol. The molecule has 0 saturated heterocycles. The van der Waals surface area contributed by atoms with Crippen LogP contribution in [0.15, 0.2) is 42.5 Å². The molecule has 3 N–H and O–H groups in total. The van der Waals surface area contributed by atoms with E-state index in [0.717, 1.165) is 18.4 Å². The van der Waals surface area contributed by atoms with E-state index in [1.807, 2.05) is 0 Å². The average Bonchev–Trinajstić information content (AvgIpc) is 2.96. The third kappa shape index (κ3) is 4.26. The van der Waals surface area contributed by atoms with E-state index in [-0.39, 0.29) is 36.1 Å². The number of amides is 1. The highest BCUT2D eigenvalue weighted by Gasteiger charge is 2.28. The Morgan fingerprint density at radius 1 is 1.17 bits per heavy atom. The molecule has 128 valence electrons. The summed E-state index contributed by atoms with van der Waals surface area (Å²) in [4.78, 5) is 12.4. The van der Waals surface area contributed by atoms with Gasteiger partial charge in [0.05, 0.1) is 0 Å². The van der Waals surface area contributed by atoms with Gasteiger partial charge in [-0.25, -0.2) is 4.39 Å². The van der Waals surface area contributed by atoms with E-state index in [9.17, 15) is 9.18 Å². The highest BCUT2D eigenvalue weighted by molar-refractivity contribution is 6.30. The quantitative estimate of drug-likeness (QED) is 0.829. The number of carbonyl (C=O) groups excluding carboxylic acids is 1. The van der Waals surface area contributed by atoms with Gasteiger partial charge in [-0.3, -0.25) is 4.79 Å². The molecule has 1 aliphatic carbocycles. The molecule has 2 aromatic carbocycles. The molecule has 3 rings (SSSR count). The van der Waals surface area contributed by atoms with Gasteiger partial charge in [0.15, 0.2) is 0 Å². The number of nitrogens with two attached hydrogens (primary N) is 1. The molecule has 2 atom stereocenters. The smallest absolute Gasteiger partial charge is 0.227 e. The maximum Gasteiger partial charge on any atom is 0.227 e. The van der Waals surface area contributed by atoms with Gasteiger partial charge in [0.2, 0.25) is 5.91 Å². The minimum Gasteiger partial charge on any atom is -0.328 e. The highest BCUT2D eigenvalue weighted by Crippen LogP contribution is 2.32. The normalized spacial score (nSPS) is 19.6. The Hall–Kier alpha value is -1.62. The predicted octanol–water partition coefficient (Wildman–Crippen LogP) is 4.63. The molecule has 0 aromatic heterocycles. The van der Waals surface area contributed by atoms with Crippen LogP contribution in [0.4, 0.5) is 10.1 Å². The van der Waals surface area contributed by atoms with Crippen molar-refractivity contribution in [2.75, 3.05) is 5.32 Å². The van der Waals surface area contributed by atoms with Gasteiger partial charge in [0.1, 0.15) is 5.82 Å².